The molecule has 0 heterocycles. The summed E-state index contributed by atoms with van der Waals surface area (Å²) in [7, 11) is 0. The minimum Gasteiger partial charge on any atom is -0.507 e. The summed E-state index contributed by atoms with van der Waals surface area (Å²) in [6, 6.07) is 5.35. The molecule has 1 amide bonds. The maximum absolute atomic E-state index is 12.2. The van der Waals surface area contributed by atoms with Crippen molar-refractivity contribution in [2.75, 3.05) is 5.75 Å². The van der Waals surface area contributed by atoms with Crippen molar-refractivity contribution in [3.8, 4) is 5.75 Å². The number of phenolic OH excluding ortho intramolecular Hbond substituents is 1. The Labute approximate surface area is 118 Å². The molecule has 0 radical (unpaired) electrons. The third-order valence-electron chi connectivity index (χ3n) is 3.55. The number of carbonyl (C=O) groups excluding carboxylic acids is 1. The number of phenols is 1. The SMILES string of the molecule is CCSC1CCCC1NC(=O)c1cc(C)ccc1O. The van der Waals surface area contributed by atoms with Gasteiger partial charge in [0, 0.05) is 11.3 Å². The van der Waals surface area contributed by atoms with Crippen LogP contribution in [0.25, 0.3) is 0 Å². The molecule has 1 aliphatic rings. The van der Waals surface area contributed by atoms with Gasteiger partial charge >= 0.3 is 0 Å². The number of hydrogen-bond donors (Lipinski definition) is 2. The Balaban J connectivity index is 2.06. The Morgan fingerprint density at radius 1 is 1.47 bits per heavy atom. The molecule has 1 aromatic rings. The van der Waals surface area contributed by atoms with Gasteiger partial charge in [0.15, 0.2) is 0 Å². The third kappa shape index (κ3) is 3.44. The summed E-state index contributed by atoms with van der Waals surface area (Å²) in [6.07, 6.45) is 3.38. The number of nitrogens with one attached hydrogen (secondary N) is 1. The number of rotatable bonds is 4. The molecule has 1 saturated carbocycles. The number of aryl methyl sites for hydroxylation is 1. The zero-order valence-corrected chi connectivity index (χ0v) is 12.3. The van der Waals surface area contributed by atoms with E-state index in [9.17, 15) is 9.90 Å². The Hall–Kier alpha value is -1.16. The van der Waals surface area contributed by atoms with E-state index in [1.54, 1.807) is 18.2 Å². The average molecular weight is 279 g/mol. The van der Waals surface area contributed by atoms with Gasteiger partial charge in [-0.05, 0) is 37.7 Å². The summed E-state index contributed by atoms with van der Waals surface area (Å²) in [5.41, 5.74) is 1.36. The van der Waals surface area contributed by atoms with Crippen LogP contribution >= 0.6 is 11.8 Å². The van der Waals surface area contributed by atoms with Gasteiger partial charge in [0.05, 0.1) is 5.56 Å². The zero-order valence-electron chi connectivity index (χ0n) is 11.5. The molecular weight excluding hydrogens is 258 g/mol. The molecule has 2 atom stereocenters. The summed E-state index contributed by atoms with van der Waals surface area (Å²) in [6.45, 7) is 4.07. The largest absolute Gasteiger partial charge is 0.507 e. The van der Waals surface area contributed by atoms with E-state index in [-0.39, 0.29) is 17.7 Å². The number of hydrogen-bond acceptors (Lipinski definition) is 3. The van der Waals surface area contributed by atoms with Gasteiger partial charge in [0.1, 0.15) is 5.75 Å². The summed E-state index contributed by atoms with van der Waals surface area (Å²) < 4.78 is 0. The summed E-state index contributed by atoms with van der Waals surface area (Å²) in [4.78, 5) is 12.2. The summed E-state index contributed by atoms with van der Waals surface area (Å²) in [5.74, 6) is 0.975. The van der Waals surface area contributed by atoms with E-state index in [0.29, 0.717) is 10.8 Å². The van der Waals surface area contributed by atoms with E-state index in [1.165, 1.54) is 12.8 Å². The molecule has 2 unspecified atom stereocenters. The molecule has 0 bridgehead atoms. The Morgan fingerprint density at radius 3 is 3.00 bits per heavy atom. The first kappa shape index (κ1) is 14.3. The zero-order chi connectivity index (χ0) is 13.8. The van der Waals surface area contributed by atoms with E-state index in [1.807, 2.05) is 18.7 Å². The van der Waals surface area contributed by atoms with Crippen molar-refractivity contribution in [2.24, 2.45) is 0 Å². The topological polar surface area (TPSA) is 49.3 Å². The monoisotopic (exact) mass is 279 g/mol. The average Bonchev–Trinajstić information content (AvgIpc) is 2.80. The van der Waals surface area contributed by atoms with Gasteiger partial charge in [-0.2, -0.15) is 11.8 Å². The lowest BCUT2D eigenvalue weighted by Crippen LogP contribution is -2.38. The maximum atomic E-state index is 12.2. The first-order valence-electron chi connectivity index (χ1n) is 6.84. The molecule has 4 heteroatoms. The number of carbonyl (C=O) groups is 1. The van der Waals surface area contributed by atoms with Crippen LogP contribution in [0.2, 0.25) is 0 Å². The van der Waals surface area contributed by atoms with Crippen LogP contribution in [0.5, 0.6) is 5.75 Å². The predicted molar refractivity (Wildman–Crippen MR) is 79.9 cm³/mol. The van der Waals surface area contributed by atoms with Crippen molar-refractivity contribution in [1.29, 1.82) is 0 Å². The van der Waals surface area contributed by atoms with E-state index >= 15 is 0 Å². The van der Waals surface area contributed by atoms with Crippen LogP contribution in [0.4, 0.5) is 0 Å². The lowest BCUT2D eigenvalue weighted by Gasteiger charge is -2.20. The molecule has 1 fully saturated rings. The number of thioether (sulfide) groups is 1. The number of aromatic hydroxyl groups is 1. The molecule has 2 rings (SSSR count). The van der Waals surface area contributed by atoms with E-state index in [4.69, 9.17) is 0 Å². The van der Waals surface area contributed by atoms with Gasteiger partial charge in [0.25, 0.3) is 5.91 Å². The highest BCUT2D eigenvalue weighted by molar-refractivity contribution is 7.99. The fraction of sp³-hybridized carbons (Fsp3) is 0.533. The highest BCUT2D eigenvalue weighted by Crippen LogP contribution is 2.30. The molecule has 104 valence electrons. The molecule has 0 aromatic heterocycles. The minimum atomic E-state index is -0.158. The van der Waals surface area contributed by atoms with Gasteiger partial charge in [-0.15, -0.1) is 0 Å². The summed E-state index contributed by atoms with van der Waals surface area (Å²) in [5, 5.41) is 13.4. The lowest BCUT2D eigenvalue weighted by molar-refractivity contribution is 0.0936. The molecule has 0 aliphatic heterocycles. The number of amides is 1. The Bertz CT molecular complexity index is 461. The van der Waals surface area contributed by atoms with Crippen LogP contribution in [-0.2, 0) is 0 Å². The van der Waals surface area contributed by atoms with Gasteiger partial charge in [-0.1, -0.05) is 25.0 Å². The van der Waals surface area contributed by atoms with Gasteiger partial charge < -0.3 is 10.4 Å². The van der Waals surface area contributed by atoms with Crippen molar-refractivity contribution >= 4 is 17.7 Å². The van der Waals surface area contributed by atoms with Crippen LogP contribution in [0.15, 0.2) is 18.2 Å². The minimum absolute atomic E-state index is 0.0563. The van der Waals surface area contributed by atoms with Crippen molar-refractivity contribution in [1.82, 2.24) is 5.32 Å². The second kappa shape index (κ2) is 6.33. The molecule has 0 saturated heterocycles. The van der Waals surface area contributed by atoms with Crippen LogP contribution in [0.1, 0.15) is 42.1 Å². The quantitative estimate of drug-likeness (QED) is 0.890. The van der Waals surface area contributed by atoms with Crippen LogP contribution in [-0.4, -0.2) is 28.1 Å². The number of benzene rings is 1. The standard InChI is InChI=1S/C15H21NO2S/c1-3-19-14-6-4-5-12(14)16-15(18)11-9-10(2)7-8-13(11)17/h7-9,12,14,17H,3-6H2,1-2H3,(H,16,18). The molecule has 0 spiro atoms. The van der Waals surface area contributed by atoms with Gasteiger partial charge in [0.2, 0.25) is 0 Å². The van der Waals surface area contributed by atoms with Crippen molar-refractivity contribution in [2.45, 2.75) is 44.4 Å². The Morgan fingerprint density at radius 2 is 2.26 bits per heavy atom. The van der Waals surface area contributed by atoms with E-state index < -0.39 is 0 Å². The second-order valence-electron chi connectivity index (χ2n) is 5.03. The lowest BCUT2D eigenvalue weighted by atomic mass is 10.1. The first-order valence-corrected chi connectivity index (χ1v) is 7.88. The Kier molecular flexibility index (Phi) is 4.75. The van der Waals surface area contributed by atoms with E-state index in [2.05, 4.69) is 12.2 Å². The molecule has 1 aliphatic carbocycles. The smallest absolute Gasteiger partial charge is 0.255 e. The maximum Gasteiger partial charge on any atom is 0.255 e. The van der Waals surface area contributed by atoms with Crippen molar-refractivity contribution < 1.29 is 9.90 Å². The first-order chi connectivity index (χ1) is 9.11. The fourth-order valence-electron chi connectivity index (χ4n) is 2.58. The van der Waals surface area contributed by atoms with Gasteiger partial charge in [-0.25, -0.2) is 0 Å². The highest BCUT2D eigenvalue weighted by Gasteiger charge is 2.29. The van der Waals surface area contributed by atoms with Crippen molar-refractivity contribution in [3.63, 3.8) is 0 Å². The van der Waals surface area contributed by atoms with Crippen LogP contribution < -0.4 is 5.32 Å². The third-order valence-corrected chi connectivity index (χ3v) is 4.87. The second-order valence-corrected chi connectivity index (χ2v) is 6.54. The van der Waals surface area contributed by atoms with Crippen molar-refractivity contribution in [3.05, 3.63) is 29.3 Å². The van der Waals surface area contributed by atoms with E-state index in [0.717, 1.165) is 17.7 Å². The molecule has 1 aromatic carbocycles. The molecule has 19 heavy (non-hydrogen) atoms. The highest BCUT2D eigenvalue weighted by atomic mass is 32.2. The molecular formula is C15H21NO2S. The normalized spacial score (nSPS) is 22.4. The van der Waals surface area contributed by atoms with Gasteiger partial charge in [-0.3, -0.25) is 4.79 Å². The summed E-state index contributed by atoms with van der Waals surface area (Å²) >= 11 is 1.91. The predicted octanol–water partition coefficient (Wildman–Crippen LogP) is 3.10. The molecule has 3 nitrogen and oxygen atoms in total. The van der Waals surface area contributed by atoms with Crippen LogP contribution in [0.3, 0.4) is 0 Å². The van der Waals surface area contributed by atoms with Crippen LogP contribution in [0, 0.1) is 6.92 Å². The molecule has 2 N–H and O–H groups in total. The fourth-order valence-corrected chi connectivity index (χ4v) is 3.78.